The molecule has 0 saturated carbocycles. The molecule has 1 fully saturated rings. The first-order valence-electron chi connectivity index (χ1n) is 7.78. The Hall–Kier alpha value is -1.88. The van der Waals surface area contributed by atoms with Crippen molar-refractivity contribution >= 4 is 10.8 Å². The average Bonchev–Trinajstić information content (AvgIpc) is 2.53. The van der Waals surface area contributed by atoms with Gasteiger partial charge in [0.15, 0.2) is 11.6 Å². The van der Waals surface area contributed by atoms with Crippen LogP contribution in [0.5, 0.6) is 5.75 Å². The maximum atomic E-state index is 14.8. The zero-order valence-electron chi connectivity index (χ0n) is 13.0. The lowest BCUT2D eigenvalue weighted by molar-refractivity contribution is 0.110. The van der Waals surface area contributed by atoms with Gasteiger partial charge in [0.25, 0.3) is 5.56 Å². The largest absolute Gasteiger partial charge is 0.487 e. The Morgan fingerprint density at radius 1 is 1.36 bits per heavy atom. The third-order valence-corrected chi connectivity index (χ3v) is 4.39. The van der Waals surface area contributed by atoms with Crippen molar-refractivity contribution in [2.45, 2.75) is 32.3 Å². The molecule has 2 heterocycles. The van der Waals surface area contributed by atoms with Crippen LogP contribution in [0.1, 0.15) is 25.3 Å². The zero-order chi connectivity index (χ0) is 15.7. The molecule has 1 aromatic carbocycles. The number of likely N-dealkylation sites (tertiary alicyclic amines) is 1. The average molecular weight is 304 g/mol. The molecule has 0 bridgehead atoms. The van der Waals surface area contributed by atoms with Crippen LogP contribution in [-0.4, -0.2) is 36.1 Å². The molecule has 0 unspecified atom stereocenters. The molecule has 118 valence electrons. The number of H-pyrrole nitrogens is 1. The molecule has 0 aliphatic carbocycles. The maximum absolute atomic E-state index is 14.8. The van der Waals surface area contributed by atoms with Crippen LogP contribution in [0.25, 0.3) is 10.8 Å². The molecule has 1 N–H and O–H groups in total. The number of rotatable bonds is 3. The van der Waals surface area contributed by atoms with E-state index in [-0.39, 0.29) is 17.4 Å². The Morgan fingerprint density at radius 3 is 2.77 bits per heavy atom. The highest BCUT2D eigenvalue weighted by Gasteiger charge is 2.21. The Balaban J connectivity index is 1.97. The smallest absolute Gasteiger partial charge is 0.255 e. The highest BCUT2D eigenvalue weighted by molar-refractivity contribution is 5.86. The molecule has 0 amide bonds. The van der Waals surface area contributed by atoms with Gasteiger partial charge in [-0.2, -0.15) is 0 Å². The number of ether oxygens (including phenoxy) is 1. The van der Waals surface area contributed by atoms with Gasteiger partial charge in [0.05, 0.1) is 5.39 Å². The Labute approximate surface area is 128 Å². The van der Waals surface area contributed by atoms with Crippen molar-refractivity contribution in [1.29, 1.82) is 0 Å². The topological polar surface area (TPSA) is 45.3 Å². The predicted octanol–water partition coefficient (Wildman–Crippen LogP) is 2.70. The van der Waals surface area contributed by atoms with E-state index < -0.39 is 5.82 Å². The first kappa shape index (κ1) is 15.0. The molecule has 1 aliphatic rings. The fourth-order valence-electron chi connectivity index (χ4n) is 3.01. The fraction of sp³-hybridized carbons (Fsp3) is 0.471. The molecule has 1 aliphatic heterocycles. The summed E-state index contributed by atoms with van der Waals surface area (Å²) in [5.74, 6) is -0.165. The molecule has 1 aromatic heterocycles. The number of pyridine rings is 1. The summed E-state index contributed by atoms with van der Waals surface area (Å²) >= 11 is 0. The van der Waals surface area contributed by atoms with Gasteiger partial charge in [-0.15, -0.1) is 0 Å². The van der Waals surface area contributed by atoms with Gasteiger partial charge in [0, 0.05) is 24.7 Å². The Kier molecular flexibility index (Phi) is 4.16. The van der Waals surface area contributed by atoms with Gasteiger partial charge >= 0.3 is 0 Å². The molecule has 22 heavy (non-hydrogen) atoms. The minimum absolute atomic E-state index is 0.0372. The number of aromatic nitrogens is 1. The lowest BCUT2D eigenvalue weighted by Gasteiger charge is -2.29. The van der Waals surface area contributed by atoms with Crippen LogP contribution in [0.4, 0.5) is 4.39 Å². The number of nitrogens with one attached hydrogen (secondary N) is 1. The Morgan fingerprint density at radius 2 is 2.09 bits per heavy atom. The van der Waals surface area contributed by atoms with Crippen LogP contribution in [0.3, 0.4) is 0 Å². The minimum Gasteiger partial charge on any atom is -0.487 e. The van der Waals surface area contributed by atoms with E-state index in [2.05, 4.69) is 16.9 Å². The lowest BCUT2D eigenvalue weighted by atomic mass is 10.0. The van der Waals surface area contributed by atoms with Crippen LogP contribution in [0.15, 0.2) is 23.1 Å². The van der Waals surface area contributed by atoms with Gasteiger partial charge in [-0.3, -0.25) is 4.79 Å². The Bertz CT molecular complexity index is 733. The minimum atomic E-state index is -0.417. The van der Waals surface area contributed by atoms with Gasteiger partial charge in [-0.1, -0.05) is 6.92 Å². The molecule has 5 heteroatoms. The summed E-state index contributed by atoms with van der Waals surface area (Å²) in [6, 6.07) is 3.23. The lowest BCUT2D eigenvalue weighted by Crippen LogP contribution is -2.35. The maximum Gasteiger partial charge on any atom is 0.255 e. The van der Waals surface area contributed by atoms with Gasteiger partial charge in [0.1, 0.15) is 6.10 Å². The van der Waals surface area contributed by atoms with Crippen LogP contribution in [0.2, 0.25) is 0 Å². The number of fused-ring (bicyclic) bond motifs is 1. The van der Waals surface area contributed by atoms with Crippen LogP contribution < -0.4 is 10.3 Å². The third kappa shape index (κ3) is 2.73. The standard InChI is InChI=1S/C17H21FN2O2/c1-3-11-10-19-17(21)13-4-5-14(16(18)15(11)13)22-12-6-8-20(2)9-7-12/h4-5,10,12H,3,6-9H2,1-2H3,(H,19,21). The second kappa shape index (κ2) is 6.08. The molecule has 0 radical (unpaired) electrons. The number of aromatic amines is 1. The van der Waals surface area contributed by atoms with E-state index in [1.54, 1.807) is 18.3 Å². The van der Waals surface area contributed by atoms with Crippen molar-refractivity contribution in [3.05, 3.63) is 40.1 Å². The molecule has 3 rings (SSSR count). The number of nitrogens with zero attached hydrogens (tertiary/aromatic N) is 1. The number of hydrogen-bond donors (Lipinski definition) is 1. The molecule has 2 aromatic rings. The summed E-state index contributed by atoms with van der Waals surface area (Å²) in [5.41, 5.74) is 0.526. The quantitative estimate of drug-likeness (QED) is 0.948. The van der Waals surface area contributed by atoms with Gasteiger partial charge in [0.2, 0.25) is 0 Å². The number of benzene rings is 1. The number of piperidine rings is 1. The van der Waals surface area contributed by atoms with E-state index in [0.29, 0.717) is 17.2 Å². The van der Waals surface area contributed by atoms with Crippen molar-refractivity contribution in [2.75, 3.05) is 20.1 Å². The number of halogens is 1. The highest BCUT2D eigenvalue weighted by atomic mass is 19.1. The molecular weight excluding hydrogens is 283 g/mol. The summed E-state index contributed by atoms with van der Waals surface area (Å²) in [6.45, 7) is 3.86. The molecule has 1 saturated heterocycles. The van der Waals surface area contributed by atoms with E-state index in [0.717, 1.165) is 31.5 Å². The predicted molar refractivity (Wildman–Crippen MR) is 85.1 cm³/mol. The molecule has 0 spiro atoms. The SMILES string of the molecule is CCc1c[nH]c(=O)c2ccc(OC3CCN(C)CC3)c(F)c12. The summed E-state index contributed by atoms with van der Waals surface area (Å²) in [5, 5.41) is 0.768. The van der Waals surface area contributed by atoms with E-state index in [9.17, 15) is 9.18 Å². The van der Waals surface area contributed by atoms with Crippen molar-refractivity contribution in [3.63, 3.8) is 0 Å². The second-order valence-corrected chi connectivity index (χ2v) is 5.92. The molecule has 4 nitrogen and oxygen atoms in total. The summed E-state index contributed by atoms with van der Waals surface area (Å²) in [4.78, 5) is 16.8. The zero-order valence-corrected chi connectivity index (χ0v) is 13.0. The first-order chi connectivity index (χ1) is 10.6. The van der Waals surface area contributed by atoms with Crippen molar-refractivity contribution in [1.82, 2.24) is 9.88 Å². The normalized spacial score (nSPS) is 17.0. The van der Waals surface area contributed by atoms with E-state index >= 15 is 0 Å². The van der Waals surface area contributed by atoms with Crippen LogP contribution in [0, 0.1) is 5.82 Å². The summed E-state index contributed by atoms with van der Waals surface area (Å²) in [6.07, 6.45) is 4.07. The van der Waals surface area contributed by atoms with Gasteiger partial charge in [-0.25, -0.2) is 4.39 Å². The van der Waals surface area contributed by atoms with Crippen molar-refractivity contribution in [2.24, 2.45) is 0 Å². The third-order valence-electron chi connectivity index (χ3n) is 4.39. The number of hydrogen-bond acceptors (Lipinski definition) is 3. The van der Waals surface area contributed by atoms with Gasteiger partial charge in [-0.05, 0) is 44.0 Å². The second-order valence-electron chi connectivity index (χ2n) is 5.92. The summed E-state index contributed by atoms with van der Waals surface area (Å²) < 4.78 is 20.7. The van der Waals surface area contributed by atoms with Crippen molar-refractivity contribution < 1.29 is 9.13 Å². The molecule has 0 atom stereocenters. The first-order valence-corrected chi connectivity index (χ1v) is 7.78. The van der Waals surface area contributed by atoms with E-state index in [4.69, 9.17) is 4.74 Å². The summed E-state index contributed by atoms with van der Waals surface area (Å²) in [7, 11) is 2.08. The van der Waals surface area contributed by atoms with Gasteiger partial charge < -0.3 is 14.6 Å². The van der Waals surface area contributed by atoms with E-state index in [1.807, 2.05) is 6.92 Å². The highest BCUT2D eigenvalue weighted by Crippen LogP contribution is 2.29. The van der Waals surface area contributed by atoms with Crippen molar-refractivity contribution in [3.8, 4) is 5.75 Å². The monoisotopic (exact) mass is 304 g/mol. The number of aryl methyl sites for hydroxylation is 1. The van der Waals surface area contributed by atoms with Crippen LogP contribution >= 0.6 is 0 Å². The van der Waals surface area contributed by atoms with E-state index in [1.165, 1.54) is 0 Å². The van der Waals surface area contributed by atoms with Crippen LogP contribution in [-0.2, 0) is 6.42 Å². The molecular formula is C17H21FN2O2. The fourth-order valence-corrected chi connectivity index (χ4v) is 3.01.